The van der Waals surface area contributed by atoms with Gasteiger partial charge in [0.05, 0.1) is 30.0 Å². The monoisotopic (exact) mass is 960 g/mol. The van der Waals surface area contributed by atoms with Crippen LogP contribution in [-0.4, -0.2) is 160 Å². The van der Waals surface area contributed by atoms with Crippen molar-refractivity contribution in [2.24, 2.45) is 0 Å². The van der Waals surface area contributed by atoms with Gasteiger partial charge in [0.1, 0.15) is 34.3 Å². The molecule has 2 saturated carbocycles. The summed E-state index contributed by atoms with van der Waals surface area (Å²) in [5.41, 5.74) is 5.09. The predicted octanol–water partition coefficient (Wildman–Crippen LogP) is 6.17. The second-order valence-electron chi connectivity index (χ2n) is 18.1. The minimum atomic E-state index is -0.0217. The Kier molecular flexibility index (Phi) is 16.7. The Morgan fingerprint density at radius 2 is 1.07 bits per heavy atom. The van der Waals surface area contributed by atoms with Crippen LogP contribution in [0.15, 0.2) is 61.2 Å². The molecular formula is C48H65BClN16O3. The quantitative estimate of drug-likeness (QED) is 0.0932. The Bertz CT molecular complexity index is 2670. The number of pyridine rings is 2. The summed E-state index contributed by atoms with van der Waals surface area (Å²) in [6.45, 7) is 7.26. The van der Waals surface area contributed by atoms with Crippen molar-refractivity contribution in [2.45, 2.75) is 70.9 Å². The zero-order valence-corrected chi connectivity index (χ0v) is 40.2. The van der Waals surface area contributed by atoms with Crippen LogP contribution in [0.4, 0.5) is 34.9 Å². The maximum absolute atomic E-state index is 12.9. The van der Waals surface area contributed by atoms with Crippen molar-refractivity contribution < 1.29 is 14.4 Å². The smallest absolute Gasteiger partial charge is 0.293 e. The van der Waals surface area contributed by atoms with Crippen molar-refractivity contribution in [3.8, 4) is 0 Å². The van der Waals surface area contributed by atoms with Crippen LogP contribution in [0.3, 0.4) is 0 Å². The van der Waals surface area contributed by atoms with Crippen molar-refractivity contribution >= 4 is 94.8 Å². The fourth-order valence-electron chi connectivity index (χ4n) is 9.65. The number of fused-ring (bicyclic) bond motifs is 2. The summed E-state index contributed by atoms with van der Waals surface area (Å²) in [4.78, 5) is 73.9. The highest BCUT2D eigenvalue weighted by Gasteiger charge is 2.28. The van der Waals surface area contributed by atoms with Crippen LogP contribution in [-0.2, 0) is 4.79 Å². The van der Waals surface area contributed by atoms with E-state index >= 15 is 0 Å². The van der Waals surface area contributed by atoms with Gasteiger partial charge in [0.25, 0.3) is 19.2 Å². The van der Waals surface area contributed by atoms with Crippen LogP contribution in [0.5, 0.6) is 0 Å². The average Bonchev–Trinajstić information content (AvgIpc) is 4.20. The molecule has 21 heteroatoms. The molecule has 10 rings (SSSR count). The molecular weight excluding hydrogens is 895 g/mol. The number of anilines is 6. The molecule has 2 aliphatic carbocycles. The van der Waals surface area contributed by atoms with E-state index in [0.29, 0.717) is 41.0 Å². The Balaban J connectivity index is 0.000000199. The summed E-state index contributed by atoms with van der Waals surface area (Å²) in [5, 5.41) is 11.6. The fraction of sp³-hybridized carbons (Fsp3) is 0.479. The van der Waals surface area contributed by atoms with Gasteiger partial charge in [0.2, 0.25) is 11.9 Å². The molecule has 2 saturated heterocycles. The highest BCUT2D eigenvalue weighted by Crippen LogP contribution is 2.36. The second-order valence-corrected chi connectivity index (χ2v) is 18.1. The van der Waals surface area contributed by atoms with Crippen LogP contribution < -0.4 is 25.8 Å². The van der Waals surface area contributed by atoms with E-state index in [1.54, 1.807) is 57.8 Å². The van der Waals surface area contributed by atoms with Gasteiger partial charge in [-0.3, -0.25) is 9.59 Å². The molecule has 6 aromatic heterocycles. The number of halogens is 1. The van der Waals surface area contributed by atoms with Crippen molar-refractivity contribution in [3.05, 3.63) is 72.6 Å². The lowest BCUT2D eigenvalue weighted by atomic mass is 9.93. The first-order chi connectivity index (χ1) is 32.6. The number of nitrogens with zero attached hydrogens (tertiary/aromatic N) is 13. The number of rotatable bonds is 12. The minimum absolute atomic E-state index is 0. The Morgan fingerprint density at radius 3 is 1.46 bits per heavy atom. The fourth-order valence-corrected chi connectivity index (χ4v) is 9.65. The van der Waals surface area contributed by atoms with Gasteiger partial charge >= 0.3 is 0 Å². The van der Waals surface area contributed by atoms with Gasteiger partial charge < -0.3 is 54.3 Å². The van der Waals surface area contributed by atoms with Gasteiger partial charge in [-0.2, -0.15) is 9.97 Å². The Labute approximate surface area is 411 Å². The van der Waals surface area contributed by atoms with Gasteiger partial charge in [0, 0.05) is 116 Å². The summed E-state index contributed by atoms with van der Waals surface area (Å²) in [6, 6.07) is 12.4. The highest BCUT2D eigenvalue weighted by molar-refractivity contribution is 6.64. The maximum atomic E-state index is 12.9. The third-order valence-corrected chi connectivity index (χ3v) is 13.2. The number of piperazine rings is 2. The van der Waals surface area contributed by atoms with E-state index in [4.69, 9.17) is 9.97 Å². The van der Waals surface area contributed by atoms with Crippen molar-refractivity contribution in [3.63, 3.8) is 0 Å². The summed E-state index contributed by atoms with van der Waals surface area (Å²) in [6.07, 6.45) is 17.1. The summed E-state index contributed by atoms with van der Waals surface area (Å²) >= 11 is 0. The third kappa shape index (κ3) is 11.4. The number of nitrogens with one attached hydrogen (secondary N) is 3. The lowest BCUT2D eigenvalue weighted by Crippen LogP contribution is -2.48. The molecule has 4 fully saturated rings. The SMILES string of the molecule is C.CN(C)C(=O)c1cc2cnc(Nc3ccc(N4CCN([B]C=O)CC4)cn3)nc2n1C1CCCC1.CN(C)C(=O)c1cc2cnc(Nc3ccc(N4CCNCC4)cn3)nc2n1C1CCCC1.Cl. The highest BCUT2D eigenvalue weighted by atomic mass is 35.5. The zero-order chi connectivity index (χ0) is 46.4. The summed E-state index contributed by atoms with van der Waals surface area (Å²) in [7, 11) is 8.72. The van der Waals surface area contributed by atoms with Crippen LogP contribution in [0.2, 0.25) is 0 Å². The number of carbonyl (C=O) groups excluding carboxylic acids is 3. The summed E-state index contributed by atoms with van der Waals surface area (Å²) in [5.74, 6) is 2.27. The molecule has 0 bridgehead atoms. The molecule has 19 nitrogen and oxygen atoms in total. The molecule has 4 aliphatic rings. The molecule has 0 atom stereocenters. The number of carbonyl (C=O) groups is 3. The Morgan fingerprint density at radius 1 is 0.638 bits per heavy atom. The van der Waals surface area contributed by atoms with Gasteiger partial charge in [-0.05, 0) is 62.1 Å². The number of aromatic nitrogens is 8. The maximum Gasteiger partial charge on any atom is 0.293 e. The van der Waals surface area contributed by atoms with Crippen LogP contribution in [0.25, 0.3) is 22.1 Å². The number of hydrogen-bond donors (Lipinski definition) is 3. The topological polar surface area (TPSA) is 191 Å². The van der Waals surface area contributed by atoms with E-state index in [9.17, 15) is 14.4 Å². The lowest BCUT2D eigenvalue weighted by molar-refractivity contribution is 0.0808. The average molecular weight is 960 g/mol. The summed E-state index contributed by atoms with van der Waals surface area (Å²) < 4.78 is 4.23. The third-order valence-electron chi connectivity index (χ3n) is 13.2. The first-order valence-electron chi connectivity index (χ1n) is 23.5. The number of hydrogen-bond acceptors (Lipinski definition) is 15. The zero-order valence-electron chi connectivity index (χ0n) is 39.3. The normalized spacial score (nSPS) is 16.6. The van der Waals surface area contributed by atoms with Crippen LogP contribution in [0, 0.1) is 0 Å². The van der Waals surface area contributed by atoms with E-state index in [0.717, 1.165) is 131 Å². The van der Waals surface area contributed by atoms with E-state index in [1.807, 2.05) is 47.5 Å². The largest absolute Gasteiger partial charge is 0.368 e. The molecule has 0 aromatic carbocycles. The van der Waals surface area contributed by atoms with Crippen LogP contribution >= 0.6 is 12.4 Å². The van der Waals surface area contributed by atoms with E-state index in [1.165, 1.54) is 12.8 Å². The molecule has 69 heavy (non-hydrogen) atoms. The molecule has 2 amide bonds. The van der Waals surface area contributed by atoms with Gasteiger partial charge in [0.15, 0.2) is 0 Å². The first-order valence-corrected chi connectivity index (χ1v) is 23.5. The van der Waals surface area contributed by atoms with Gasteiger partial charge in [-0.1, -0.05) is 33.1 Å². The van der Waals surface area contributed by atoms with Crippen LogP contribution in [0.1, 0.15) is 91.9 Å². The van der Waals surface area contributed by atoms with Crippen molar-refractivity contribution in [1.82, 2.24) is 59.0 Å². The first kappa shape index (κ1) is 50.5. The van der Waals surface area contributed by atoms with Gasteiger partial charge in [-0.25, -0.2) is 19.9 Å². The van der Waals surface area contributed by atoms with E-state index in [-0.39, 0.29) is 37.7 Å². The predicted molar refractivity (Wildman–Crippen MR) is 276 cm³/mol. The molecule has 8 heterocycles. The van der Waals surface area contributed by atoms with Crippen molar-refractivity contribution in [1.29, 1.82) is 0 Å². The Hall–Kier alpha value is -6.38. The standard InChI is InChI=1S/C24H30BN8O2.C23H30N8O.CH4.ClH/c1-30(2)23(35)20-13-17-14-27-24(29-22(17)33(20)18-5-3-4-6-18)28-21-8-7-19(15-26-21)31-9-11-32(12-10-31)25-16-34;1-29(2)22(32)19-13-16-14-26-23(28-21(16)31(19)17-5-3-4-6-17)27-20-8-7-18(15-25-20)30-11-9-24-10-12-30;;/h7-8,13-16,18H,3-6,9-12H2,1-2H3,(H,26,27,28,29);7-8,13-15,17,24H,3-6,9-12H2,1-2H3,(H,25,26,27,28);1H4;1H. The van der Waals surface area contributed by atoms with Crippen molar-refractivity contribution in [2.75, 3.05) is 101 Å². The lowest BCUT2D eigenvalue weighted by Gasteiger charge is -2.35. The second kappa shape index (κ2) is 22.8. The van der Waals surface area contributed by atoms with Gasteiger partial charge in [-0.15, -0.1) is 12.4 Å². The molecule has 0 spiro atoms. The molecule has 365 valence electrons. The van der Waals surface area contributed by atoms with E-state index in [2.05, 4.69) is 60.9 Å². The molecule has 3 N–H and O–H groups in total. The number of amides is 2. The van der Waals surface area contributed by atoms with E-state index < -0.39 is 0 Å². The molecule has 0 unspecified atom stereocenters. The molecule has 6 aromatic rings. The molecule has 2 aliphatic heterocycles. The minimum Gasteiger partial charge on any atom is -0.368 e. The molecule has 1 radical (unpaired) electrons.